The van der Waals surface area contributed by atoms with Crippen molar-refractivity contribution in [3.8, 4) is 22.5 Å². The second kappa shape index (κ2) is 8.93. The highest BCUT2D eigenvalue weighted by Gasteiger charge is 2.19. The molecule has 0 unspecified atom stereocenters. The average molecular weight is 427 g/mol. The SMILES string of the molecule is Cc1cc(N)nc(O[C@@H](C)c2nc(-c3ccnc(OCCN4CCC4)c3)sc2C)n1. The molecule has 0 radical (unpaired) electrons. The molecule has 30 heavy (non-hydrogen) atoms. The minimum atomic E-state index is -0.301. The van der Waals surface area contributed by atoms with Gasteiger partial charge in [0.2, 0.25) is 5.88 Å². The van der Waals surface area contributed by atoms with Crippen molar-refractivity contribution >= 4 is 17.2 Å². The molecule has 1 atom stereocenters. The molecular formula is C21H26N6O2S. The zero-order chi connectivity index (χ0) is 21.1. The van der Waals surface area contributed by atoms with Gasteiger partial charge in [-0.3, -0.25) is 4.90 Å². The number of likely N-dealkylation sites (tertiary alicyclic amines) is 1. The lowest BCUT2D eigenvalue weighted by Gasteiger charge is -2.30. The van der Waals surface area contributed by atoms with Gasteiger partial charge < -0.3 is 15.2 Å². The van der Waals surface area contributed by atoms with Gasteiger partial charge in [-0.05, 0) is 46.3 Å². The molecule has 3 aromatic heterocycles. The number of thiazole rings is 1. The second-order valence-corrected chi connectivity index (χ2v) is 8.57. The quantitative estimate of drug-likeness (QED) is 0.585. The van der Waals surface area contributed by atoms with E-state index in [1.807, 2.05) is 32.9 Å². The first kappa shape index (κ1) is 20.5. The van der Waals surface area contributed by atoms with Gasteiger partial charge in [-0.25, -0.2) is 15.0 Å². The molecule has 0 bridgehead atoms. The lowest BCUT2D eigenvalue weighted by Crippen LogP contribution is -2.39. The first-order valence-electron chi connectivity index (χ1n) is 10.0. The molecule has 1 fully saturated rings. The molecule has 4 rings (SSSR count). The predicted octanol–water partition coefficient (Wildman–Crippen LogP) is 3.42. The van der Waals surface area contributed by atoms with E-state index in [-0.39, 0.29) is 12.1 Å². The molecule has 9 heteroatoms. The molecular weight excluding hydrogens is 400 g/mol. The maximum absolute atomic E-state index is 5.91. The van der Waals surface area contributed by atoms with Crippen molar-refractivity contribution in [2.45, 2.75) is 33.3 Å². The Morgan fingerprint density at radius 1 is 1.20 bits per heavy atom. The maximum atomic E-state index is 5.91. The summed E-state index contributed by atoms with van der Waals surface area (Å²) in [5.41, 5.74) is 8.39. The second-order valence-electron chi connectivity index (χ2n) is 7.36. The summed E-state index contributed by atoms with van der Waals surface area (Å²) in [5.74, 6) is 1.01. The maximum Gasteiger partial charge on any atom is 0.319 e. The van der Waals surface area contributed by atoms with Gasteiger partial charge in [0.05, 0.1) is 5.69 Å². The van der Waals surface area contributed by atoms with Crippen molar-refractivity contribution in [2.75, 3.05) is 32.0 Å². The summed E-state index contributed by atoms with van der Waals surface area (Å²) >= 11 is 1.61. The molecule has 1 saturated heterocycles. The molecule has 0 aromatic carbocycles. The highest BCUT2D eigenvalue weighted by molar-refractivity contribution is 7.15. The standard InChI is InChI=1S/C21H26N6O2S/c1-13-11-17(22)25-21(24-13)29-14(2)19-15(3)30-20(26-19)16-5-6-23-18(12-16)28-10-9-27-7-4-8-27/h5-6,11-12,14H,4,7-10H2,1-3H3,(H2,22,24,25)/t14-/m0/s1. The van der Waals surface area contributed by atoms with Gasteiger partial charge in [0.25, 0.3) is 0 Å². The number of aromatic nitrogens is 4. The minimum absolute atomic E-state index is 0.260. The Balaban J connectivity index is 1.45. The average Bonchev–Trinajstić information content (AvgIpc) is 3.05. The van der Waals surface area contributed by atoms with E-state index < -0.39 is 0 Å². The first-order valence-corrected chi connectivity index (χ1v) is 10.9. The lowest BCUT2D eigenvalue weighted by atomic mass is 10.2. The third kappa shape index (κ3) is 4.85. The summed E-state index contributed by atoms with van der Waals surface area (Å²) in [6, 6.07) is 5.85. The Hall–Kier alpha value is -2.78. The van der Waals surface area contributed by atoms with E-state index in [4.69, 9.17) is 20.2 Å². The van der Waals surface area contributed by atoms with E-state index >= 15 is 0 Å². The molecule has 0 saturated carbocycles. The van der Waals surface area contributed by atoms with Crippen molar-refractivity contribution in [3.05, 3.63) is 40.7 Å². The number of rotatable bonds is 8. The number of hydrogen-bond donors (Lipinski definition) is 1. The third-order valence-corrected chi connectivity index (χ3v) is 5.98. The fourth-order valence-corrected chi connectivity index (χ4v) is 4.24. The van der Waals surface area contributed by atoms with Crippen LogP contribution in [0.3, 0.4) is 0 Å². The summed E-state index contributed by atoms with van der Waals surface area (Å²) in [7, 11) is 0. The Morgan fingerprint density at radius 2 is 2.03 bits per heavy atom. The molecule has 8 nitrogen and oxygen atoms in total. The normalized spacial score (nSPS) is 14.9. The third-order valence-electron chi connectivity index (χ3n) is 4.94. The van der Waals surface area contributed by atoms with Gasteiger partial charge in [0, 0.05) is 41.0 Å². The fourth-order valence-electron chi connectivity index (χ4n) is 3.25. The van der Waals surface area contributed by atoms with Crippen LogP contribution in [0.4, 0.5) is 5.82 Å². The number of nitrogens with two attached hydrogens (primary N) is 1. The van der Waals surface area contributed by atoms with Crippen LogP contribution in [-0.4, -0.2) is 51.1 Å². The minimum Gasteiger partial charge on any atom is -0.476 e. The Labute approximate surface area is 180 Å². The molecule has 1 aliphatic rings. The van der Waals surface area contributed by atoms with Crippen LogP contribution in [0.1, 0.15) is 35.7 Å². The summed E-state index contributed by atoms with van der Waals surface area (Å²) in [4.78, 5) is 21.0. The first-order chi connectivity index (χ1) is 14.5. The Bertz CT molecular complexity index is 1000. The van der Waals surface area contributed by atoms with E-state index in [0.29, 0.717) is 18.3 Å². The van der Waals surface area contributed by atoms with Crippen molar-refractivity contribution in [1.29, 1.82) is 0 Å². The van der Waals surface area contributed by atoms with E-state index in [1.165, 1.54) is 19.5 Å². The monoisotopic (exact) mass is 426 g/mol. The molecule has 0 aliphatic carbocycles. The van der Waals surface area contributed by atoms with Gasteiger partial charge in [-0.1, -0.05) is 0 Å². The predicted molar refractivity (Wildman–Crippen MR) is 117 cm³/mol. The summed E-state index contributed by atoms with van der Waals surface area (Å²) in [6.07, 6.45) is 2.74. The van der Waals surface area contributed by atoms with Gasteiger partial charge in [0.1, 0.15) is 23.5 Å². The van der Waals surface area contributed by atoms with E-state index in [9.17, 15) is 0 Å². The molecule has 2 N–H and O–H groups in total. The van der Waals surface area contributed by atoms with Crippen molar-refractivity contribution in [2.24, 2.45) is 0 Å². The van der Waals surface area contributed by atoms with Crippen LogP contribution in [0, 0.1) is 13.8 Å². The number of nitrogen functional groups attached to an aromatic ring is 1. The van der Waals surface area contributed by atoms with E-state index in [2.05, 4.69) is 19.9 Å². The smallest absolute Gasteiger partial charge is 0.319 e. The topological polar surface area (TPSA) is 99.3 Å². The van der Waals surface area contributed by atoms with E-state index in [1.54, 1.807) is 23.6 Å². The lowest BCUT2D eigenvalue weighted by molar-refractivity contribution is 0.145. The number of anilines is 1. The van der Waals surface area contributed by atoms with Crippen LogP contribution in [-0.2, 0) is 0 Å². The van der Waals surface area contributed by atoms with Crippen molar-refractivity contribution < 1.29 is 9.47 Å². The Morgan fingerprint density at radius 3 is 2.77 bits per heavy atom. The molecule has 1 aliphatic heterocycles. The van der Waals surface area contributed by atoms with Crippen LogP contribution in [0.2, 0.25) is 0 Å². The van der Waals surface area contributed by atoms with Gasteiger partial charge in [0.15, 0.2) is 0 Å². The summed E-state index contributed by atoms with van der Waals surface area (Å²) < 4.78 is 11.7. The van der Waals surface area contributed by atoms with Crippen molar-refractivity contribution in [1.82, 2.24) is 24.8 Å². The van der Waals surface area contributed by atoms with Crippen molar-refractivity contribution in [3.63, 3.8) is 0 Å². The number of nitrogens with zero attached hydrogens (tertiary/aromatic N) is 5. The summed E-state index contributed by atoms with van der Waals surface area (Å²) in [6.45, 7) is 9.74. The highest BCUT2D eigenvalue weighted by Crippen LogP contribution is 2.33. The van der Waals surface area contributed by atoms with E-state index in [0.717, 1.165) is 33.4 Å². The van der Waals surface area contributed by atoms with Gasteiger partial charge in [-0.15, -0.1) is 11.3 Å². The number of aryl methyl sites for hydroxylation is 2. The highest BCUT2D eigenvalue weighted by atomic mass is 32.1. The molecule has 0 spiro atoms. The molecule has 0 amide bonds. The molecule has 4 heterocycles. The zero-order valence-corrected chi connectivity index (χ0v) is 18.3. The Kier molecular flexibility index (Phi) is 6.10. The van der Waals surface area contributed by atoms with Crippen LogP contribution < -0.4 is 15.2 Å². The molecule has 3 aromatic rings. The van der Waals surface area contributed by atoms with Crippen LogP contribution >= 0.6 is 11.3 Å². The van der Waals surface area contributed by atoms with Gasteiger partial charge in [-0.2, -0.15) is 4.98 Å². The van der Waals surface area contributed by atoms with Crippen LogP contribution in [0.15, 0.2) is 24.4 Å². The number of pyridine rings is 1. The number of hydrogen-bond acceptors (Lipinski definition) is 9. The van der Waals surface area contributed by atoms with Crippen LogP contribution in [0.5, 0.6) is 11.9 Å². The fraction of sp³-hybridized carbons (Fsp3) is 0.429. The zero-order valence-electron chi connectivity index (χ0n) is 17.5. The summed E-state index contributed by atoms with van der Waals surface area (Å²) in [5, 5.41) is 0.901. The largest absolute Gasteiger partial charge is 0.476 e. The van der Waals surface area contributed by atoms with Crippen LogP contribution in [0.25, 0.3) is 10.6 Å². The molecule has 158 valence electrons. The van der Waals surface area contributed by atoms with Gasteiger partial charge >= 0.3 is 6.01 Å². The number of ether oxygens (including phenoxy) is 2.